The highest BCUT2D eigenvalue weighted by atomic mass is 14.4. The fraction of sp³-hybridized carbons (Fsp3) is 1.00. The van der Waals surface area contributed by atoms with Crippen molar-refractivity contribution in [1.82, 2.24) is 0 Å². The van der Waals surface area contributed by atoms with E-state index in [0.717, 1.165) is 40.9 Å². The van der Waals surface area contributed by atoms with Gasteiger partial charge in [0.2, 0.25) is 0 Å². The van der Waals surface area contributed by atoms with Crippen molar-refractivity contribution in [3.8, 4) is 0 Å². The number of hydrogen-bond acceptors (Lipinski definition) is 0. The third kappa shape index (κ3) is 10.5. The van der Waals surface area contributed by atoms with Crippen molar-refractivity contribution < 1.29 is 0 Å². The lowest BCUT2D eigenvalue weighted by molar-refractivity contribution is 0.123. The number of rotatable bonds is 2. The zero-order valence-corrected chi connectivity index (χ0v) is 23.4. The molecule has 0 aromatic carbocycles. The van der Waals surface area contributed by atoms with E-state index < -0.39 is 0 Å². The van der Waals surface area contributed by atoms with Gasteiger partial charge in [0.25, 0.3) is 0 Å². The molecule has 0 bridgehead atoms. The molecule has 0 N–H and O–H groups in total. The SMILES string of the molecule is CC1CCC(C)CC1.CCC1CCC(C)CC1.CCC1CCC2(CCCC(C)CC2)CC1. The van der Waals surface area contributed by atoms with Gasteiger partial charge < -0.3 is 0 Å². The van der Waals surface area contributed by atoms with Crippen LogP contribution in [0.4, 0.5) is 0 Å². The molecule has 32 heavy (non-hydrogen) atoms. The van der Waals surface area contributed by atoms with Crippen molar-refractivity contribution >= 4 is 0 Å². The summed E-state index contributed by atoms with van der Waals surface area (Å²) in [4.78, 5) is 0. The largest absolute Gasteiger partial charge is 0.0651 e. The Morgan fingerprint density at radius 2 is 0.812 bits per heavy atom. The van der Waals surface area contributed by atoms with Crippen LogP contribution in [0.5, 0.6) is 0 Å². The Balaban J connectivity index is 0.000000183. The molecule has 4 aliphatic rings. The van der Waals surface area contributed by atoms with E-state index in [2.05, 4.69) is 41.5 Å². The zero-order valence-electron chi connectivity index (χ0n) is 23.4. The van der Waals surface area contributed by atoms with Crippen molar-refractivity contribution in [2.75, 3.05) is 0 Å². The summed E-state index contributed by atoms with van der Waals surface area (Å²) in [6.45, 7) is 14.3. The van der Waals surface area contributed by atoms with Gasteiger partial charge in [-0.05, 0) is 79.4 Å². The second-order valence-electron chi connectivity index (χ2n) is 13.3. The van der Waals surface area contributed by atoms with Gasteiger partial charge in [0.15, 0.2) is 0 Å². The van der Waals surface area contributed by atoms with Crippen LogP contribution in [0.25, 0.3) is 0 Å². The van der Waals surface area contributed by atoms with Gasteiger partial charge in [0, 0.05) is 0 Å². The van der Waals surface area contributed by atoms with E-state index in [0.29, 0.717) is 0 Å². The molecule has 0 heteroatoms. The summed E-state index contributed by atoms with van der Waals surface area (Å²) in [5.41, 5.74) is 0.802. The summed E-state index contributed by atoms with van der Waals surface area (Å²) >= 11 is 0. The van der Waals surface area contributed by atoms with Gasteiger partial charge in [-0.1, -0.05) is 125 Å². The molecule has 0 saturated heterocycles. The average molecular weight is 447 g/mol. The molecule has 0 aromatic rings. The van der Waals surface area contributed by atoms with E-state index in [1.807, 2.05) is 0 Å². The third-order valence-corrected chi connectivity index (χ3v) is 10.3. The highest BCUT2D eigenvalue weighted by Gasteiger charge is 2.35. The van der Waals surface area contributed by atoms with E-state index >= 15 is 0 Å². The van der Waals surface area contributed by atoms with Crippen molar-refractivity contribution in [3.63, 3.8) is 0 Å². The first-order valence-corrected chi connectivity index (χ1v) is 15.4. The second kappa shape index (κ2) is 15.1. The van der Waals surface area contributed by atoms with Crippen LogP contribution in [0.3, 0.4) is 0 Å². The fourth-order valence-corrected chi connectivity index (χ4v) is 7.01. The van der Waals surface area contributed by atoms with E-state index in [1.54, 1.807) is 25.7 Å². The first kappa shape index (κ1) is 28.2. The molecule has 0 heterocycles. The van der Waals surface area contributed by atoms with Crippen LogP contribution < -0.4 is 0 Å². The van der Waals surface area contributed by atoms with Gasteiger partial charge in [-0.15, -0.1) is 0 Å². The summed E-state index contributed by atoms with van der Waals surface area (Å²) in [6, 6.07) is 0. The van der Waals surface area contributed by atoms with Crippen LogP contribution in [0.2, 0.25) is 0 Å². The molecule has 0 radical (unpaired) electrons. The average Bonchev–Trinajstić information content (AvgIpc) is 2.99. The highest BCUT2D eigenvalue weighted by Crippen LogP contribution is 2.49. The molecule has 0 nitrogen and oxygen atoms in total. The van der Waals surface area contributed by atoms with Crippen molar-refractivity contribution in [2.45, 2.75) is 164 Å². The molecule has 4 aliphatic carbocycles. The van der Waals surface area contributed by atoms with Crippen LogP contribution >= 0.6 is 0 Å². The van der Waals surface area contributed by atoms with E-state index in [9.17, 15) is 0 Å². The van der Waals surface area contributed by atoms with Crippen LogP contribution in [-0.2, 0) is 0 Å². The maximum Gasteiger partial charge on any atom is -0.0297 e. The Kier molecular flexibility index (Phi) is 13.3. The number of hydrogen-bond donors (Lipinski definition) is 0. The maximum absolute atomic E-state index is 2.46. The van der Waals surface area contributed by atoms with Crippen LogP contribution in [0.15, 0.2) is 0 Å². The van der Waals surface area contributed by atoms with Gasteiger partial charge in [-0.2, -0.15) is 0 Å². The quantitative estimate of drug-likeness (QED) is 0.395. The molecule has 0 amide bonds. The molecule has 0 aromatic heterocycles. The lowest BCUT2D eigenvalue weighted by atomic mass is 9.66. The van der Waals surface area contributed by atoms with Gasteiger partial charge >= 0.3 is 0 Å². The fourth-order valence-electron chi connectivity index (χ4n) is 7.01. The molecule has 1 unspecified atom stereocenters. The van der Waals surface area contributed by atoms with Crippen LogP contribution in [0.1, 0.15) is 164 Å². The summed E-state index contributed by atoms with van der Waals surface area (Å²) in [5, 5.41) is 0. The Morgan fingerprint density at radius 3 is 1.28 bits per heavy atom. The molecule has 4 rings (SSSR count). The normalized spacial score (nSPS) is 40.3. The van der Waals surface area contributed by atoms with Crippen LogP contribution in [-0.4, -0.2) is 0 Å². The van der Waals surface area contributed by atoms with Crippen molar-refractivity contribution in [3.05, 3.63) is 0 Å². The predicted molar refractivity (Wildman–Crippen MR) is 145 cm³/mol. The molecule has 4 saturated carbocycles. The molecule has 190 valence electrons. The van der Waals surface area contributed by atoms with E-state index in [1.165, 1.54) is 96.3 Å². The van der Waals surface area contributed by atoms with Crippen molar-refractivity contribution in [1.29, 1.82) is 0 Å². The first-order valence-electron chi connectivity index (χ1n) is 15.4. The Labute approximate surface area is 204 Å². The summed E-state index contributed by atoms with van der Waals surface area (Å²) in [6.07, 6.45) is 28.5. The third-order valence-electron chi connectivity index (χ3n) is 10.3. The Bertz CT molecular complexity index is 431. The van der Waals surface area contributed by atoms with Gasteiger partial charge in [0.1, 0.15) is 0 Å². The monoisotopic (exact) mass is 446 g/mol. The highest BCUT2D eigenvalue weighted by molar-refractivity contribution is 4.87. The van der Waals surface area contributed by atoms with Gasteiger partial charge in [-0.3, -0.25) is 0 Å². The second-order valence-corrected chi connectivity index (χ2v) is 13.3. The molecule has 1 spiro atoms. The minimum absolute atomic E-state index is 0.802. The molecular formula is C32H62. The maximum atomic E-state index is 2.46. The van der Waals surface area contributed by atoms with Gasteiger partial charge in [-0.25, -0.2) is 0 Å². The van der Waals surface area contributed by atoms with E-state index in [-0.39, 0.29) is 0 Å². The summed E-state index contributed by atoms with van der Waals surface area (Å²) in [5.74, 6) is 6.20. The molecule has 0 aliphatic heterocycles. The topological polar surface area (TPSA) is 0 Å². The standard InChI is InChI=1S/C15H28.C9H18.C8H16/c1-3-14-7-11-15(12-8-14)9-4-5-13(2)6-10-15;1-3-9-6-4-8(2)5-7-9;1-7-3-5-8(2)6-4-7/h13-14H,3-12H2,1-2H3;8-9H,3-7H2,1-2H3;7-8H,3-6H2,1-2H3. The predicted octanol–water partition coefficient (Wildman–Crippen LogP) is 11.2. The molecule has 4 fully saturated rings. The zero-order chi connectivity index (χ0) is 23.4. The first-order chi connectivity index (χ1) is 15.4. The summed E-state index contributed by atoms with van der Waals surface area (Å²) in [7, 11) is 0. The molecule has 1 atom stereocenters. The lowest BCUT2D eigenvalue weighted by Crippen LogP contribution is -2.26. The molecular weight excluding hydrogens is 384 g/mol. The lowest BCUT2D eigenvalue weighted by Gasteiger charge is -2.40. The van der Waals surface area contributed by atoms with Crippen LogP contribution in [0, 0.1) is 40.9 Å². The Morgan fingerprint density at radius 1 is 0.438 bits per heavy atom. The van der Waals surface area contributed by atoms with Crippen molar-refractivity contribution in [2.24, 2.45) is 40.9 Å². The minimum atomic E-state index is 0.802. The minimum Gasteiger partial charge on any atom is -0.0651 e. The summed E-state index contributed by atoms with van der Waals surface area (Å²) < 4.78 is 0. The van der Waals surface area contributed by atoms with Gasteiger partial charge in [0.05, 0.1) is 0 Å². The van der Waals surface area contributed by atoms with E-state index in [4.69, 9.17) is 0 Å². The smallest absolute Gasteiger partial charge is 0.0297 e. The Hall–Kier alpha value is 0.